The highest BCUT2D eigenvalue weighted by Gasteiger charge is 2.16. The molecule has 21 heavy (non-hydrogen) atoms. The van der Waals surface area contributed by atoms with Crippen LogP contribution in [-0.2, 0) is 9.47 Å². The summed E-state index contributed by atoms with van der Waals surface area (Å²) < 4.78 is 16.2. The van der Waals surface area contributed by atoms with Crippen LogP contribution >= 0.6 is 0 Å². The summed E-state index contributed by atoms with van der Waals surface area (Å²) in [5.41, 5.74) is 6.61. The number of nitrogens with two attached hydrogens (primary N) is 1. The molecule has 0 radical (unpaired) electrons. The molecule has 0 spiro atoms. The molecular formula is C16H23NO4. The number of anilines is 1. The zero-order valence-electron chi connectivity index (χ0n) is 12.5. The Bertz CT molecular complexity index is 469. The molecule has 1 fully saturated rings. The van der Waals surface area contributed by atoms with E-state index in [-0.39, 0.29) is 0 Å². The Kier molecular flexibility index (Phi) is 5.87. The van der Waals surface area contributed by atoms with E-state index in [1.54, 1.807) is 18.2 Å². The summed E-state index contributed by atoms with van der Waals surface area (Å²) in [6, 6.07) is 5.12. The van der Waals surface area contributed by atoms with Gasteiger partial charge in [-0.1, -0.05) is 6.92 Å². The van der Waals surface area contributed by atoms with Crippen molar-refractivity contribution in [1.29, 1.82) is 0 Å². The molecule has 0 atom stereocenters. The molecule has 0 aliphatic carbocycles. The van der Waals surface area contributed by atoms with Crippen LogP contribution in [0.2, 0.25) is 0 Å². The van der Waals surface area contributed by atoms with Gasteiger partial charge >= 0.3 is 5.97 Å². The maximum atomic E-state index is 11.9. The molecule has 1 aromatic rings. The van der Waals surface area contributed by atoms with Gasteiger partial charge in [0.1, 0.15) is 5.75 Å². The van der Waals surface area contributed by atoms with Gasteiger partial charge in [-0.3, -0.25) is 0 Å². The number of hydrogen-bond acceptors (Lipinski definition) is 5. The van der Waals surface area contributed by atoms with E-state index >= 15 is 0 Å². The van der Waals surface area contributed by atoms with Crippen molar-refractivity contribution in [1.82, 2.24) is 0 Å². The molecule has 2 N–H and O–H groups in total. The molecule has 1 heterocycles. The summed E-state index contributed by atoms with van der Waals surface area (Å²) in [5.74, 6) is 0.761. The molecule has 1 saturated heterocycles. The van der Waals surface area contributed by atoms with Gasteiger partial charge in [0.25, 0.3) is 0 Å². The second-order valence-corrected chi connectivity index (χ2v) is 5.25. The summed E-state index contributed by atoms with van der Waals surface area (Å²) in [4.78, 5) is 11.9. The molecule has 116 valence electrons. The minimum absolute atomic E-state index is 0.368. The van der Waals surface area contributed by atoms with Crippen molar-refractivity contribution in [3.05, 3.63) is 23.8 Å². The molecule has 1 aliphatic heterocycles. The van der Waals surface area contributed by atoms with Gasteiger partial charge < -0.3 is 19.9 Å². The summed E-state index contributed by atoms with van der Waals surface area (Å²) >= 11 is 0. The first kappa shape index (κ1) is 15.6. The third-order valence-corrected chi connectivity index (χ3v) is 3.51. The number of benzene rings is 1. The number of carbonyl (C=O) groups is 1. The van der Waals surface area contributed by atoms with Crippen molar-refractivity contribution in [2.45, 2.75) is 26.2 Å². The number of rotatable bonds is 6. The van der Waals surface area contributed by atoms with Gasteiger partial charge in [-0.05, 0) is 43.4 Å². The van der Waals surface area contributed by atoms with E-state index < -0.39 is 5.97 Å². The summed E-state index contributed by atoms with van der Waals surface area (Å²) in [5, 5.41) is 0. The Morgan fingerprint density at radius 3 is 2.86 bits per heavy atom. The van der Waals surface area contributed by atoms with Crippen LogP contribution in [-0.4, -0.2) is 32.4 Å². The van der Waals surface area contributed by atoms with Crippen LogP contribution in [0.5, 0.6) is 5.75 Å². The van der Waals surface area contributed by atoms with Crippen molar-refractivity contribution in [3.63, 3.8) is 0 Å². The maximum absolute atomic E-state index is 11.9. The van der Waals surface area contributed by atoms with Crippen LogP contribution in [0.4, 0.5) is 5.69 Å². The summed E-state index contributed by atoms with van der Waals surface area (Å²) in [7, 11) is 0. The lowest BCUT2D eigenvalue weighted by atomic mass is 10.0. The fraction of sp³-hybridized carbons (Fsp3) is 0.562. The fourth-order valence-corrected chi connectivity index (χ4v) is 2.20. The van der Waals surface area contributed by atoms with E-state index in [2.05, 4.69) is 0 Å². The van der Waals surface area contributed by atoms with Crippen molar-refractivity contribution < 1.29 is 19.0 Å². The zero-order chi connectivity index (χ0) is 15.1. The standard InChI is InChI=1S/C16H23NO4/c1-2-7-20-16(18)14-10-13(3-4-15(14)17)21-11-12-5-8-19-9-6-12/h3-4,10,12H,2,5-9,11,17H2,1H3. The molecule has 5 nitrogen and oxygen atoms in total. The third-order valence-electron chi connectivity index (χ3n) is 3.51. The fourth-order valence-electron chi connectivity index (χ4n) is 2.20. The van der Waals surface area contributed by atoms with E-state index in [0.717, 1.165) is 32.5 Å². The maximum Gasteiger partial charge on any atom is 0.340 e. The smallest absolute Gasteiger partial charge is 0.340 e. The van der Waals surface area contributed by atoms with E-state index in [4.69, 9.17) is 19.9 Å². The monoisotopic (exact) mass is 293 g/mol. The van der Waals surface area contributed by atoms with Gasteiger partial charge in [0.2, 0.25) is 0 Å². The second kappa shape index (κ2) is 7.88. The topological polar surface area (TPSA) is 70.8 Å². The molecule has 0 bridgehead atoms. The first-order valence-electron chi connectivity index (χ1n) is 7.48. The van der Waals surface area contributed by atoms with Gasteiger partial charge in [-0.25, -0.2) is 4.79 Å². The van der Waals surface area contributed by atoms with Crippen molar-refractivity contribution in [2.75, 3.05) is 32.2 Å². The van der Waals surface area contributed by atoms with Gasteiger partial charge in [0.15, 0.2) is 0 Å². The average Bonchev–Trinajstić information content (AvgIpc) is 2.52. The van der Waals surface area contributed by atoms with Crippen LogP contribution in [0.3, 0.4) is 0 Å². The van der Waals surface area contributed by atoms with Gasteiger partial charge in [-0.2, -0.15) is 0 Å². The number of hydrogen-bond donors (Lipinski definition) is 1. The number of nitrogen functional groups attached to an aromatic ring is 1. The molecule has 0 unspecified atom stereocenters. The molecule has 0 saturated carbocycles. The third kappa shape index (κ3) is 4.63. The first-order chi connectivity index (χ1) is 10.2. The van der Waals surface area contributed by atoms with E-state index in [1.165, 1.54) is 0 Å². The zero-order valence-corrected chi connectivity index (χ0v) is 12.5. The van der Waals surface area contributed by atoms with Crippen LogP contribution < -0.4 is 10.5 Å². The first-order valence-corrected chi connectivity index (χ1v) is 7.48. The summed E-state index contributed by atoms with van der Waals surface area (Å²) in [6.07, 6.45) is 2.81. The lowest BCUT2D eigenvalue weighted by Crippen LogP contribution is -2.21. The van der Waals surface area contributed by atoms with Crippen molar-refractivity contribution in [2.24, 2.45) is 5.92 Å². The molecule has 2 rings (SSSR count). The minimum atomic E-state index is -0.397. The molecular weight excluding hydrogens is 270 g/mol. The number of esters is 1. The highest BCUT2D eigenvalue weighted by Crippen LogP contribution is 2.23. The predicted molar refractivity (Wildman–Crippen MR) is 80.5 cm³/mol. The Morgan fingerprint density at radius 1 is 1.38 bits per heavy atom. The van der Waals surface area contributed by atoms with Gasteiger partial charge in [0.05, 0.1) is 18.8 Å². The normalized spacial score (nSPS) is 15.7. The van der Waals surface area contributed by atoms with Crippen LogP contribution in [0.15, 0.2) is 18.2 Å². The molecule has 5 heteroatoms. The number of carbonyl (C=O) groups excluding carboxylic acids is 1. The van der Waals surface area contributed by atoms with E-state index in [1.807, 2.05) is 6.92 Å². The lowest BCUT2D eigenvalue weighted by molar-refractivity contribution is 0.0492. The molecule has 0 amide bonds. The quantitative estimate of drug-likeness (QED) is 0.645. The predicted octanol–water partition coefficient (Wildman–Crippen LogP) is 2.64. The SMILES string of the molecule is CCCOC(=O)c1cc(OCC2CCOCC2)ccc1N. The Morgan fingerprint density at radius 2 is 2.14 bits per heavy atom. The van der Waals surface area contributed by atoms with Crippen molar-refractivity contribution in [3.8, 4) is 5.75 Å². The van der Waals surface area contributed by atoms with Crippen LogP contribution in [0, 0.1) is 5.92 Å². The largest absolute Gasteiger partial charge is 0.493 e. The van der Waals surface area contributed by atoms with Crippen LogP contribution in [0.25, 0.3) is 0 Å². The van der Waals surface area contributed by atoms with Crippen molar-refractivity contribution >= 4 is 11.7 Å². The lowest BCUT2D eigenvalue weighted by Gasteiger charge is -2.22. The number of ether oxygens (including phenoxy) is 3. The van der Waals surface area contributed by atoms with Gasteiger partial charge in [0, 0.05) is 18.9 Å². The molecule has 0 aromatic heterocycles. The van der Waals surface area contributed by atoms with Gasteiger partial charge in [-0.15, -0.1) is 0 Å². The van der Waals surface area contributed by atoms with E-state index in [0.29, 0.717) is 36.1 Å². The highest BCUT2D eigenvalue weighted by molar-refractivity contribution is 5.95. The Labute approximate surface area is 125 Å². The highest BCUT2D eigenvalue weighted by atomic mass is 16.5. The molecule has 1 aromatic carbocycles. The van der Waals surface area contributed by atoms with E-state index in [9.17, 15) is 4.79 Å². The Balaban J connectivity index is 1.95. The second-order valence-electron chi connectivity index (χ2n) is 5.25. The summed E-state index contributed by atoms with van der Waals surface area (Å²) in [6.45, 7) is 4.57. The molecule has 1 aliphatic rings. The minimum Gasteiger partial charge on any atom is -0.493 e. The Hall–Kier alpha value is -1.75. The van der Waals surface area contributed by atoms with Crippen LogP contribution in [0.1, 0.15) is 36.5 Å². The average molecular weight is 293 g/mol.